The summed E-state index contributed by atoms with van der Waals surface area (Å²) in [4.78, 5) is 25.7. The molecule has 0 radical (unpaired) electrons. The molecule has 1 unspecified atom stereocenters. The quantitative estimate of drug-likeness (QED) is 0.381. The zero-order chi connectivity index (χ0) is 21.1. The molecule has 0 spiro atoms. The molecule has 0 fully saturated rings. The fraction of sp³-hybridized carbons (Fsp3) is 0.250. The molecule has 0 heterocycles. The highest BCUT2D eigenvalue weighted by Crippen LogP contribution is 2.17. The molecule has 0 saturated heterocycles. The van der Waals surface area contributed by atoms with E-state index in [0.29, 0.717) is 13.1 Å². The van der Waals surface area contributed by atoms with Gasteiger partial charge in [0.05, 0.1) is 0 Å². The Morgan fingerprint density at radius 1 is 1.03 bits per heavy atom. The molecule has 1 atom stereocenters. The number of amides is 2. The minimum atomic E-state index is -0.594. The fourth-order valence-corrected chi connectivity index (χ4v) is 3.03. The molecular formula is C24H28N2O3. The van der Waals surface area contributed by atoms with Gasteiger partial charge in [-0.1, -0.05) is 62.4 Å². The summed E-state index contributed by atoms with van der Waals surface area (Å²) in [6.45, 7) is 5.57. The number of hydrogen-bond acceptors (Lipinski definition) is 3. The third-order valence-corrected chi connectivity index (χ3v) is 4.53. The SMILES string of the molecule is CCCN(CC(C)c1ccccc1)C(=O)/C=C/c1cccc(/C=C/C(=O)NO)c1. The van der Waals surface area contributed by atoms with Gasteiger partial charge in [0, 0.05) is 25.2 Å². The zero-order valence-electron chi connectivity index (χ0n) is 16.9. The third-order valence-electron chi connectivity index (χ3n) is 4.53. The fourth-order valence-electron chi connectivity index (χ4n) is 3.03. The van der Waals surface area contributed by atoms with Gasteiger partial charge in [-0.15, -0.1) is 0 Å². The van der Waals surface area contributed by atoms with Gasteiger partial charge in [0.1, 0.15) is 0 Å². The molecule has 5 nitrogen and oxygen atoms in total. The van der Waals surface area contributed by atoms with Gasteiger partial charge >= 0.3 is 0 Å². The number of hydroxylamine groups is 1. The lowest BCUT2D eigenvalue weighted by atomic mass is 10.0. The molecule has 5 heteroatoms. The summed E-state index contributed by atoms with van der Waals surface area (Å²) in [5.74, 6) is -0.356. The number of nitrogens with one attached hydrogen (secondary N) is 1. The lowest BCUT2D eigenvalue weighted by Crippen LogP contribution is -2.33. The van der Waals surface area contributed by atoms with Crippen LogP contribution in [0.25, 0.3) is 12.2 Å². The number of nitrogens with zero attached hydrogens (tertiary/aromatic N) is 1. The molecular weight excluding hydrogens is 364 g/mol. The number of carbonyl (C=O) groups is 2. The van der Waals surface area contributed by atoms with Crippen molar-refractivity contribution >= 4 is 24.0 Å². The van der Waals surface area contributed by atoms with Gasteiger partial charge < -0.3 is 4.90 Å². The van der Waals surface area contributed by atoms with Crippen LogP contribution < -0.4 is 5.48 Å². The van der Waals surface area contributed by atoms with Crippen LogP contribution in [0.15, 0.2) is 66.7 Å². The van der Waals surface area contributed by atoms with E-state index in [1.54, 1.807) is 23.7 Å². The molecule has 2 N–H and O–H groups in total. The molecule has 0 aromatic heterocycles. The van der Waals surface area contributed by atoms with Crippen molar-refractivity contribution in [3.63, 3.8) is 0 Å². The Bertz CT molecular complexity index is 859. The highest BCUT2D eigenvalue weighted by atomic mass is 16.5. The minimum absolute atomic E-state index is 0.0183. The zero-order valence-corrected chi connectivity index (χ0v) is 16.9. The van der Waals surface area contributed by atoms with Gasteiger partial charge in [-0.25, -0.2) is 5.48 Å². The van der Waals surface area contributed by atoms with Gasteiger partial charge in [-0.2, -0.15) is 0 Å². The van der Waals surface area contributed by atoms with Gasteiger partial charge in [0.15, 0.2) is 0 Å². The third kappa shape index (κ3) is 7.39. The van der Waals surface area contributed by atoms with E-state index in [-0.39, 0.29) is 11.8 Å². The number of rotatable bonds is 9. The van der Waals surface area contributed by atoms with E-state index >= 15 is 0 Å². The van der Waals surface area contributed by atoms with E-state index in [1.807, 2.05) is 47.4 Å². The summed E-state index contributed by atoms with van der Waals surface area (Å²) in [6, 6.07) is 17.6. The van der Waals surface area contributed by atoms with Gasteiger partial charge in [0.2, 0.25) is 5.91 Å². The number of benzene rings is 2. The summed E-state index contributed by atoms with van der Waals surface area (Å²) < 4.78 is 0. The van der Waals surface area contributed by atoms with Crippen LogP contribution in [0, 0.1) is 0 Å². The van der Waals surface area contributed by atoms with Crippen LogP contribution in [0.2, 0.25) is 0 Å². The van der Waals surface area contributed by atoms with Crippen LogP contribution in [0.1, 0.15) is 42.9 Å². The first-order chi connectivity index (χ1) is 14.0. The second-order valence-electron chi connectivity index (χ2n) is 6.91. The molecule has 2 amide bonds. The first kappa shape index (κ1) is 22.1. The molecule has 2 rings (SSSR count). The molecule has 0 aliphatic carbocycles. The van der Waals surface area contributed by atoms with E-state index in [9.17, 15) is 9.59 Å². The maximum absolute atomic E-state index is 12.8. The smallest absolute Gasteiger partial charge is 0.267 e. The van der Waals surface area contributed by atoms with Crippen LogP contribution in [0.5, 0.6) is 0 Å². The second-order valence-corrected chi connectivity index (χ2v) is 6.91. The van der Waals surface area contributed by atoms with Crippen LogP contribution in [-0.4, -0.2) is 35.0 Å². The average molecular weight is 392 g/mol. The lowest BCUT2D eigenvalue weighted by molar-refractivity contribution is -0.126. The summed E-state index contributed by atoms with van der Waals surface area (Å²) in [6.07, 6.45) is 7.10. The Morgan fingerprint density at radius 2 is 1.69 bits per heavy atom. The molecule has 2 aromatic rings. The minimum Gasteiger partial charge on any atom is -0.339 e. The van der Waals surface area contributed by atoms with E-state index in [1.165, 1.54) is 11.6 Å². The molecule has 2 aromatic carbocycles. The molecule has 0 bridgehead atoms. The Hall–Kier alpha value is -3.18. The Labute approximate surface area is 172 Å². The highest BCUT2D eigenvalue weighted by Gasteiger charge is 2.14. The van der Waals surface area contributed by atoms with E-state index in [2.05, 4.69) is 26.0 Å². The molecule has 29 heavy (non-hydrogen) atoms. The number of hydrogen-bond donors (Lipinski definition) is 2. The van der Waals surface area contributed by atoms with E-state index in [4.69, 9.17) is 5.21 Å². The highest BCUT2D eigenvalue weighted by molar-refractivity contribution is 5.92. The van der Waals surface area contributed by atoms with Crippen molar-refractivity contribution in [3.05, 3.63) is 83.4 Å². The molecule has 152 valence electrons. The van der Waals surface area contributed by atoms with Crippen LogP contribution >= 0.6 is 0 Å². The summed E-state index contributed by atoms with van der Waals surface area (Å²) in [5.41, 5.74) is 4.43. The lowest BCUT2D eigenvalue weighted by Gasteiger charge is -2.24. The maximum Gasteiger partial charge on any atom is 0.267 e. The molecule has 0 aliphatic heterocycles. The first-order valence-corrected chi connectivity index (χ1v) is 9.77. The van der Waals surface area contributed by atoms with E-state index < -0.39 is 5.91 Å². The van der Waals surface area contributed by atoms with Crippen LogP contribution in [-0.2, 0) is 9.59 Å². The summed E-state index contributed by atoms with van der Waals surface area (Å²) in [5, 5.41) is 8.54. The predicted molar refractivity (Wildman–Crippen MR) is 116 cm³/mol. The Balaban J connectivity index is 2.06. The van der Waals surface area contributed by atoms with Crippen molar-refractivity contribution in [1.29, 1.82) is 0 Å². The summed E-state index contributed by atoms with van der Waals surface area (Å²) in [7, 11) is 0. The van der Waals surface area contributed by atoms with Crippen molar-refractivity contribution in [2.24, 2.45) is 0 Å². The normalized spacial score (nSPS) is 12.2. The van der Waals surface area contributed by atoms with Crippen LogP contribution in [0.4, 0.5) is 0 Å². The topological polar surface area (TPSA) is 69.6 Å². The second kappa shape index (κ2) is 11.6. The Morgan fingerprint density at radius 3 is 2.31 bits per heavy atom. The van der Waals surface area contributed by atoms with Crippen molar-refractivity contribution in [3.8, 4) is 0 Å². The van der Waals surface area contributed by atoms with E-state index in [0.717, 1.165) is 17.5 Å². The summed E-state index contributed by atoms with van der Waals surface area (Å²) >= 11 is 0. The van der Waals surface area contributed by atoms with Crippen molar-refractivity contribution in [2.75, 3.05) is 13.1 Å². The maximum atomic E-state index is 12.8. The molecule has 0 aliphatic rings. The van der Waals surface area contributed by atoms with Gasteiger partial charge in [0.25, 0.3) is 5.91 Å². The largest absolute Gasteiger partial charge is 0.339 e. The van der Waals surface area contributed by atoms with Gasteiger partial charge in [-0.05, 0) is 47.2 Å². The van der Waals surface area contributed by atoms with Crippen molar-refractivity contribution < 1.29 is 14.8 Å². The average Bonchev–Trinajstić information content (AvgIpc) is 2.76. The first-order valence-electron chi connectivity index (χ1n) is 9.77. The predicted octanol–water partition coefficient (Wildman–Crippen LogP) is 4.26. The van der Waals surface area contributed by atoms with Crippen molar-refractivity contribution in [1.82, 2.24) is 10.4 Å². The standard InChI is InChI=1S/C24H28N2O3/c1-3-16-26(18-19(2)22-10-5-4-6-11-22)24(28)15-13-21-9-7-8-20(17-21)12-14-23(27)25-29/h4-15,17,19,29H,3,16,18H2,1-2H3,(H,25,27)/b14-12+,15-13+. The van der Waals surface area contributed by atoms with Gasteiger partial charge in [-0.3, -0.25) is 14.8 Å². The van der Waals surface area contributed by atoms with Crippen molar-refractivity contribution in [2.45, 2.75) is 26.2 Å². The Kier molecular flexibility index (Phi) is 8.86. The van der Waals surface area contributed by atoms with Crippen LogP contribution in [0.3, 0.4) is 0 Å². The number of carbonyl (C=O) groups excluding carboxylic acids is 2. The molecule has 0 saturated carbocycles. The monoisotopic (exact) mass is 392 g/mol.